The van der Waals surface area contributed by atoms with E-state index in [0.29, 0.717) is 6.42 Å². The summed E-state index contributed by atoms with van der Waals surface area (Å²) in [6.45, 7) is 6.34. The van der Waals surface area contributed by atoms with Crippen LogP contribution >= 0.6 is 0 Å². The zero-order chi connectivity index (χ0) is 14.7. The highest BCUT2D eigenvalue weighted by Gasteiger charge is 2.17. The SMILES string of the molecule is CCC(=O)C(C)C(=O)O.CCC(=O)OC(=O)CC. The van der Waals surface area contributed by atoms with Gasteiger partial charge in [-0.2, -0.15) is 0 Å². The second-order valence-corrected chi connectivity index (χ2v) is 3.43. The highest BCUT2D eigenvalue weighted by molar-refractivity contribution is 5.97. The van der Waals surface area contributed by atoms with E-state index >= 15 is 0 Å². The van der Waals surface area contributed by atoms with Gasteiger partial charge in [0, 0.05) is 19.3 Å². The molecule has 0 aromatic rings. The maximum Gasteiger partial charge on any atom is 0.313 e. The zero-order valence-corrected chi connectivity index (χ0v) is 11.2. The van der Waals surface area contributed by atoms with Gasteiger partial charge in [-0.3, -0.25) is 19.2 Å². The summed E-state index contributed by atoms with van der Waals surface area (Å²) in [6.07, 6.45) is 0.810. The first-order valence-corrected chi connectivity index (χ1v) is 5.79. The summed E-state index contributed by atoms with van der Waals surface area (Å²) >= 11 is 0. The third-order valence-electron chi connectivity index (χ3n) is 2.01. The van der Waals surface area contributed by atoms with Crippen molar-refractivity contribution >= 4 is 23.7 Å². The Bertz CT molecular complexity index is 291. The Morgan fingerprint density at radius 1 is 0.944 bits per heavy atom. The normalized spacial score (nSPS) is 10.7. The minimum atomic E-state index is -1.04. The number of ether oxygens (including phenoxy) is 1. The van der Waals surface area contributed by atoms with Crippen LogP contribution in [-0.4, -0.2) is 28.8 Å². The Hall–Kier alpha value is -1.72. The quantitative estimate of drug-likeness (QED) is 0.595. The fourth-order valence-electron chi connectivity index (χ4n) is 0.715. The minimum absolute atomic E-state index is 0.220. The Balaban J connectivity index is 0. The number of carbonyl (C=O) groups is 4. The van der Waals surface area contributed by atoms with Gasteiger partial charge in [0.15, 0.2) is 0 Å². The summed E-state index contributed by atoms with van der Waals surface area (Å²) in [5.41, 5.74) is 0. The zero-order valence-electron chi connectivity index (χ0n) is 11.2. The lowest BCUT2D eigenvalue weighted by Crippen LogP contribution is -2.19. The molecule has 0 aliphatic rings. The molecule has 0 fully saturated rings. The molecule has 0 aliphatic heterocycles. The number of Topliss-reactive ketones (excluding diaryl/α,β-unsaturated/α-hetero) is 1. The van der Waals surface area contributed by atoms with Crippen molar-refractivity contribution in [3.05, 3.63) is 0 Å². The van der Waals surface area contributed by atoms with E-state index in [9.17, 15) is 19.2 Å². The molecule has 0 amide bonds. The standard InChI is InChI=1S/2C6H10O3/c1-3-5(7)9-6(8)4-2;1-3-5(7)4(2)6(8)9/h3-4H2,1-2H3;4H,3H2,1-2H3,(H,8,9). The monoisotopic (exact) mass is 260 g/mol. The van der Waals surface area contributed by atoms with E-state index in [1.165, 1.54) is 6.92 Å². The summed E-state index contributed by atoms with van der Waals surface area (Å²) in [5, 5.41) is 8.26. The maximum absolute atomic E-state index is 10.6. The minimum Gasteiger partial charge on any atom is -0.481 e. The van der Waals surface area contributed by atoms with Crippen LogP contribution in [0.5, 0.6) is 0 Å². The molecule has 0 spiro atoms. The van der Waals surface area contributed by atoms with Gasteiger partial charge in [0.2, 0.25) is 0 Å². The van der Waals surface area contributed by atoms with Crippen LogP contribution in [0, 0.1) is 5.92 Å². The van der Waals surface area contributed by atoms with Crippen LogP contribution in [-0.2, 0) is 23.9 Å². The lowest BCUT2D eigenvalue weighted by Gasteiger charge is -1.99. The van der Waals surface area contributed by atoms with Crippen molar-refractivity contribution in [2.45, 2.75) is 47.0 Å². The second-order valence-electron chi connectivity index (χ2n) is 3.43. The smallest absolute Gasteiger partial charge is 0.313 e. The molecule has 1 N–H and O–H groups in total. The average Bonchev–Trinajstić information content (AvgIpc) is 2.36. The molecule has 0 aromatic carbocycles. The van der Waals surface area contributed by atoms with Gasteiger partial charge in [-0.05, 0) is 6.92 Å². The first-order chi connectivity index (χ1) is 8.29. The predicted octanol–water partition coefficient (Wildman–Crippen LogP) is 1.56. The van der Waals surface area contributed by atoms with Crippen molar-refractivity contribution in [2.24, 2.45) is 5.92 Å². The van der Waals surface area contributed by atoms with E-state index in [0.717, 1.165) is 0 Å². The Morgan fingerprint density at radius 2 is 1.33 bits per heavy atom. The molecule has 0 saturated carbocycles. The maximum atomic E-state index is 10.6. The van der Waals surface area contributed by atoms with Crippen LogP contribution in [0.2, 0.25) is 0 Å². The number of carbonyl (C=O) groups excluding carboxylic acids is 3. The lowest BCUT2D eigenvalue weighted by molar-refractivity contribution is -0.159. The van der Waals surface area contributed by atoms with Crippen LogP contribution in [0.3, 0.4) is 0 Å². The fraction of sp³-hybridized carbons (Fsp3) is 0.667. The molecular weight excluding hydrogens is 240 g/mol. The average molecular weight is 260 g/mol. The van der Waals surface area contributed by atoms with Crippen LogP contribution in [0.25, 0.3) is 0 Å². The van der Waals surface area contributed by atoms with Crippen molar-refractivity contribution < 1.29 is 29.0 Å². The van der Waals surface area contributed by atoms with Gasteiger partial charge in [-0.1, -0.05) is 20.8 Å². The molecule has 0 saturated heterocycles. The van der Waals surface area contributed by atoms with Gasteiger partial charge in [-0.15, -0.1) is 0 Å². The Kier molecular flexibility index (Phi) is 10.8. The Labute approximate surface area is 106 Å². The summed E-state index contributed by atoms with van der Waals surface area (Å²) in [5.74, 6) is -3.01. The van der Waals surface area contributed by atoms with E-state index in [2.05, 4.69) is 4.74 Å². The first kappa shape index (κ1) is 18.6. The fourth-order valence-corrected chi connectivity index (χ4v) is 0.715. The summed E-state index contributed by atoms with van der Waals surface area (Å²) in [7, 11) is 0. The molecule has 6 heteroatoms. The highest BCUT2D eigenvalue weighted by Crippen LogP contribution is 1.98. The van der Waals surface area contributed by atoms with Crippen molar-refractivity contribution in [3.63, 3.8) is 0 Å². The van der Waals surface area contributed by atoms with Gasteiger partial charge < -0.3 is 9.84 Å². The van der Waals surface area contributed by atoms with E-state index in [4.69, 9.17) is 5.11 Å². The number of hydrogen-bond donors (Lipinski definition) is 1. The highest BCUT2D eigenvalue weighted by atomic mass is 16.6. The largest absolute Gasteiger partial charge is 0.481 e. The molecule has 0 aliphatic carbocycles. The second kappa shape index (κ2) is 10.4. The van der Waals surface area contributed by atoms with Gasteiger partial charge >= 0.3 is 17.9 Å². The van der Waals surface area contributed by atoms with E-state index < -0.39 is 23.8 Å². The van der Waals surface area contributed by atoms with Crippen LogP contribution in [0.1, 0.15) is 47.0 Å². The lowest BCUT2D eigenvalue weighted by atomic mass is 10.1. The van der Waals surface area contributed by atoms with Gasteiger partial charge in [0.1, 0.15) is 11.7 Å². The number of ketones is 1. The molecule has 104 valence electrons. The molecule has 0 rings (SSSR count). The molecule has 1 unspecified atom stereocenters. The van der Waals surface area contributed by atoms with E-state index in [1.54, 1.807) is 20.8 Å². The van der Waals surface area contributed by atoms with Gasteiger partial charge in [0.05, 0.1) is 0 Å². The third-order valence-corrected chi connectivity index (χ3v) is 2.01. The topological polar surface area (TPSA) is 97.7 Å². The molecule has 0 aromatic heterocycles. The van der Waals surface area contributed by atoms with Crippen LogP contribution in [0.15, 0.2) is 0 Å². The summed E-state index contributed by atoms with van der Waals surface area (Å²) < 4.78 is 4.27. The Morgan fingerprint density at radius 3 is 1.50 bits per heavy atom. The summed E-state index contributed by atoms with van der Waals surface area (Å²) in [6, 6.07) is 0. The number of carboxylic acid groups (broad SMARTS) is 1. The van der Waals surface area contributed by atoms with E-state index in [1.807, 2.05) is 0 Å². The number of esters is 2. The van der Waals surface area contributed by atoms with Crippen LogP contribution < -0.4 is 0 Å². The molecule has 6 nitrogen and oxygen atoms in total. The van der Waals surface area contributed by atoms with Crippen LogP contribution in [0.4, 0.5) is 0 Å². The molecule has 0 bridgehead atoms. The number of aliphatic carboxylic acids is 1. The van der Waals surface area contributed by atoms with Gasteiger partial charge in [0.25, 0.3) is 0 Å². The predicted molar refractivity (Wildman–Crippen MR) is 63.8 cm³/mol. The van der Waals surface area contributed by atoms with Crippen molar-refractivity contribution in [1.82, 2.24) is 0 Å². The van der Waals surface area contributed by atoms with Crippen molar-refractivity contribution in [3.8, 4) is 0 Å². The molecule has 0 radical (unpaired) electrons. The molecule has 1 atom stereocenters. The third kappa shape index (κ3) is 9.50. The number of carboxylic acids is 1. The number of hydrogen-bond acceptors (Lipinski definition) is 5. The summed E-state index contributed by atoms with van der Waals surface area (Å²) in [4.78, 5) is 41.3. The molecular formula is C12H20O6. The van der Waals surface area contributed by atoms with Crippen molar-refractivity contribution in [2.75, 3.05) is 0 Å². The number of rotatable bonds is 5. The van der Waals surface area contributed by atoms with Gasteiger partial charge in [-0.25, -0.2) is 0 Å². The molecule has 0 heterocycles. The van der Waals surface area contributed by atoms with Crippen molar-refractivity contribution in [1.29, 1.82) is 0 Å². The first-order valence-electron chi connectivity index (χ1n) is 5.79. The van der Waals surface area contributed by atoms with E-state index in [-0.39, 0.29) is 18.6 Å². The molecule has 18 heavy (non-hydrogen) atoms.